The second kappa shape index (κ2) is 7.04. The average Bonchev–Trinajstić information content (AvgIpc) is 2.42. The van der Waals surface area contributed by atoms with Crippen molar-refractivity contribution in [3.63, 3.8) is 0 Å². The van der Waals surface area contributed by atoms with Crippen LogP contribution >= 0.6 is 0 Å². The molecule has 0 radical (unpaired) electrons. The highest BCUT2D eigenvalue weighted by atomic mass is 16.3. The average molecular weight is 262 g/mol. The van der Waals surface area contributed by atoms with E-state index in [1.54, 1.807) is 0 Å². The van der Waals surface area contributed by atoms with Gasteiger partial charge < -0.3 is 10.8 Å². The quantitative estimate of drug-likeness (QED) is 0.850. The summed E-state index contributed by atoms with van der Waals surface area (Å²) in [6, 6.07) is 10.6. The summed E-state index contributed by atoms with van der Waals surface area (Å²) >= 11 is 0. The number of piperidine rings is 1. The summed E-state index contributed by atoms with van der Waals surface area (Å²) in [6.45, 7) is 4.04. The van der Waals surface area contributed by atoms with Crippen LogP contribution in [-0.2, 0) is 6.42 Å². The van der Waals surface area contributed by atoms with E-state index in [-0.39, 0.29) is 6.04 Å². The van der Waals surface area contributed by atoms with E-state index in [2.05, 4.69) is 24.0 Å². The summed E-state index contributed by atoms with van der Waals surface area (Å²) in [5.74, 6) is 0. The van der Waals surface area contributed by atoms with Crippen molar-refractivity contribution in [1.29, 1.82) is 0 Å². The standard InChI is InChI=1S/C16H26N2O/c1-13-7-5-6-10-18(13)12-16(19)15(17)11-14-8-3-2-4-9-14/h2-4,8-9,13,15-16,19H,5-7,10-12,17H2,1H3. The second-order valence-corrected chi connectivity index (χ2v) is 5.76. The van der Waals surface area contributed by atoms with Crippen molar-refractivity contribution >= 4 is 0 Å². The number of hydrogen-bond donors (Lipinski definition) is 2. The van der Waals surface area contributed by atoms with Gasteiger partial charge in [0.05, 0.1) is 6.10 Å². The number of nitrogens with two attached hydrogens (primary N) is 1. The number of nitrogens with zero attached hydrogens (tertiary/aromatic N) is 1. The number of aliphatic hydroxyl groups is 1. The molecule has 0 spiro atoms. The molecule has 0 aliphatic carbocycles. The molecule has 3 atom stereocenters. The van der Waals surface area contributed by atoms with Crippen LogP contribution in [0.25, 0.3) is 0 Å². The van der Waals surface area contributed by atoms with Crippen LogP contribution in [0.2, 0.25) is 0 Å². The third kappa shape index (κ3) is 4.30. The predicted octanol–water partition coefficient (Wildman–Crippen LogP) is 1.79. The molecule has 1 aliphatic rings. The highest BCUT2D eigenvalue weighted by Crippen LogP contribution is 2.17. The minimum Gasteiger partial charge on any atom is -0.390 e. The van der Waals surface area contributed by atoms with Crippen LogP contribution < -0.4 is 5.73 Å². The Labute approximate surface area is 116 Å². The van der Waals surface area contributed by atoms with E-state index in [9.17, 15) is 5.11 Å². The van der Waals surface area contributed by atoms with Gasteiger partial charge in [0.15, 0.2) is 0 Å². The molecule has 3 nitrogen and oxygen atoms in total. The van der Waals surface area contributed by atoms with Crippen molar-refractivity contribution in [3.05, 3.63) is 35.9 Å². The number of rotatable bonds is 5. The van der Waals surface area contributed by atoms with Crippen LogP contribution in [0, 0.1) is 0 Å². The molecule has 3 unspecified atom stereocenters. The van der Waals surface area contributed by atoms with E-state index in [1.165, 1.54) is 24.8 Å². The SMILES string of the molecule is CC1CCCCN1CC(O)C(N)Cc1ccccc1. The molecule has 1 aromatic carbocycles. The summed E-state index contributed by atoms with van der Waals surface area (Å²) in [6.07, 6.45) is 4.08. The van der Waals surface area contributed by atoms with Crippen LogP contribution in [0.4, 0.5) is 0 Å². The van der Waals surface area contributed by atoms with E-state index in [1.807, 2.05) is 18.2 Å². The fraction of sp³-hybridized carbons (Fsp3) is 0.625. The van der Waals surface area contributed by atoms with E-state index in [4.69, 9.17) is 5.73 Å². The van der Waals surface area contributed by atoms with Gasteiger partial charge in [-0.25, -0.2) is 0 Å². The molecule has 0 bridgehead atoms. The van der Waals surface area contributed by atoms with Gasteiger partial charge in [0.1, 0.15) is 0 Å². The normalized spacial score (nSPS) is 24.1. The maximum atomic E-state index is 10.3. The van der Waals surface area contributed by atoms with Gasteiger partial charge in [0.25, 0.3) is 0 Å². The maximum Gasteiger partial charge on any atom is 0.0821 e. The highest BCUT2D eigenvalue weighted by Gasteiger charge is 2.23. The first-order valence-corrected chi connectivity index (χ1v) is 7.38. The zero-order valence-corrected chi connectivity index (χ0v) is 11.8. The zero-order valence-electron chi connectivity index (χ0n) is 11.8. The van der Waals surface area contributed by atoms with Crippen molar-refractivity contribution in [1.82, 2.24) is 4.90 Å². The van der Waals surface area contributed by atoms with Gasteiger partial charge in [-0.1, -0.05) is 36.8 Å². The minimum absolute atomic E-state index is 0.184. The lowest BCUT2D eigenvalue weighted by Gasteiger charge is -2.35. The number of aliphatic hydroxyl groups excluding tert-OH is 1. The summed E-state index contributed by atoms with van der Waals surface area (Å²) in [5, 5.41) is 10.3. The molecule has 2 rings (SSSR count). The van der Waals surface area contributed by atoms with Crippen molar-refractivity contribution in [2.75, 3.05) is 13.1 Å². The van der Waals surface area contributed by atoms with Crippen LogP contribution in [-0.4, -0.2) is 41.3 Å². The number of benzene rings is 1. The molecule has 19 heavy (non-hydrogen) atoms. The van der Waals surface area contributed by atoms with Gasteiger partial charge in [-0.2, -0.15) is 0 Å². The fourth-order valence-corrected chi connectivity index (χ4v) is 2.83. The smallest absolute Gasteiger partial charge is 0.0821 e. The van der Waals surface area contributed by atoms with Crippen molar-refractivity contribution in [3.8, 4) is 0 Å². The van der Waals surface area contributed by atoms with E-state index in [0.29, 0.717) is 12.6 Å². The highest BCUT2D eigenvalue weighted by molar-refractivity contribution is 5.16. The Morgan fingerprint density at radius 1 is 1.32 bits per heavy atom. The van der Waals surface area contributed by atoms with Gasteiger partial charge in [-0.3, -0.25) is 4.90 Å². The van der Waals surface area contributed by atoms with Crippen LogP contribution in [0.5, 0.6) is 0 Å². The Hall–Kier alpha value is -0.900. The third-order valence-electron chi connectivity index (χ3n) is 4.17. The monoisotopic (exact) mass is 262 g/mol. The molecule has 106 valence electrons. The number of likely N-dealkylation sites (tertiary alicyclic amines) is 1. The lowest BCUT2D eigenvalue weighted by atomic mass is 9.99. The molecule has 0 saturated carbocycles. The van der Waals surface area contributed by atoms with Crippen molar-refractivity contribution in [2.24, 2.45) is 5.73 Å². The summed E-state index contributed by atoms with van der Waals surface area (Å²) < 4.78 is 0. The molecular formula is C16H26N2O. The maximum absolute atomic E-state index is 10.3. The van der Waals surface area contributed by atoms with Gasteiger partial charge >= 0.3 is 0 Å². The van der Waals surface area contributed by atoms with Gasteiger partial charge in [-0.05, 0) is 38.3 Å². The van der Waals surface area contributed by atoms with E-state index >= 15 is 0 Å². The first-order chi connectivity index (χ1) is 9.16. The number of hydrogen-bond acceptors (Lipinski definition) is 3. The minimum atomic E-state index is -0.444. The van der Waals surface area contributed by atoms with Gasteiger partial charge in [0.2, 0.25) is 0 Å². The lowest BCUT2D eigenvalue weighted by Crippen LogP contribution is -2.48. The molecular weight excluding hydrogens is 236 g/mol. The molecule has 0 amide bonds. The Morgan fingerprint density at radius 2 is 2.05 bits per heavy atom. The van der Waals surface area contributed by atoms with Crippen LogP contribution in [0.15, 0.2) is 30.3 Å². The predicted molar refractivity (Wildman–Crippen MR) is 79.0 cm³/mol. The Morgan fingerprint density at radius 3 is 2.74 bits per heavy atom. The Balaban J connectivity index is 1.83. The molecule has 1 fully saturated rings. The Kier molecular flexibility index (Phi) is 5.37. The first kappa shape index (κ1) is 14.5. The third-order valence-corrected chi connectivity index (χ3v) is 4.17. The molecule has 3 N–H and O–H groups in total. The summed E-state index contributed by atoms with van der Waals surface area (Å²) in [5.41, 5.74) is 7.33. The topological polar surface area (TPSA) is 49.5 Å². The summed E-state index contributed by atoms with van der Waals surface area (Å²) in [4.78, 5) is 2.37. The molecule has 1 aliphatic heterocycles. The number of β-amino-alcohol motifs (C(OH)–C–C–N with tert-alkyl or cyclic N) is 1. The molecule has 1 heterocycles. The van der Waals surface area contributed by atoms with E-state index < -0.39 is 6.10 Å². The molecule has 1 aromatic rings. The largest absolute Gasteiger partial charge is 0.390 e. The van der Waals surface area contributed by atoms with Gasteiger partial charge in [-0.15, -0.1) is 0 Å². The molecule has 0 aromatic heterocycles. The first-order valence-electron chi connectivity index (χ1n) is 7.38. The fourth-order valence-electron chi connectivity index (χ4n) is 2.83. The second-order valence-electron chi connectivity index (χ2n) is 5.76. The Bertz CT molecular complexity index is 368. The zero-order chi connectivity index (χ0) is 13.7. The van der Waals surface area contributed by atoms with E-state index in [0.717, 1.165) is 13.0 Å². The van der Waals surface area contributed by atoms with Crippen molar-refractivity contribution < 1.29 is 5.11 Å². The van der Waals surface area contributed by atoms with Gasteiger partial charge in [0, 0.05) is 18.6 Å². The summed E-state index contributed by atoms with van der Waals surface area (Å²) in [7, 11) is 0. The van der Waals surface area contributed by atoms with Crippen molar-refractivity contribution in [2.45, 2.75) is 50.8 Å². The molecule has 1 saturated heterocycles. The lowest BCUT2D eigenvalue weighted by molar-refractivity contribution is 0.0587. The van der Waals surface area contributed by atoms with Crippen LogP contribution in [0.3, 0.4) is 0 Å². The van der Waals surface area contributed by atoms with Crippen LogP contribution in [0.1, 0.15) is 31.7 Å². The molecule has 3 heteroatoms.